The fourth-order valence-electron chi connectivity index (χ4n) is 1.96. The van der Waals surface area contributed by atoms with Gasteiger partial charge in [-0.15, -0.1) is 0 Å². The highest BCUT2D eigenvalue weighted by atomic mass is 16.5. The van der Waals surface area contributed by atoms with Crippen LogP contribution in [-0.2, 0) is 4.79 Å². The molecule has 0 saturated heterocycles. The van der Waals surface area contributed by atoms with Crippen LogP contribution in [-0.4, -0.2) is 17.2 Å². The van der Waals surface area contributed by atoms with Gasteiger partial charge in [0.05, 0.1) is 0 Å². The lowest BCUT2D eigenvalue weighted by molar-refractivity contribution is -0.145. The van der Waals surface area contributed by atoms with E-state index >= 15 is 0 Å². The average molecular weight is 264 g/mol. The predicted octanol–water partition coefficient (Wildman–Crippen LogP) is 4.13. The van der Waals surface area contributed by atoms with Crippen LogP contribution in [0.25, 0.3) is 0 Å². The second-order valence-electron chi connectivity index (χ2n) is 5.29. The Morgan fingerprint density at radius 2 is 1.74 bits per heavy atom. The maximum Gasteiger partial charge on any atom is 0.344 e. The van der Waals surface area contributed by atoms with Gasteiger partial charge in [0.25, 0.3) is 0 Å². The molecule has 3 heteroatoms. The predicted molar refractivity (Wildman–Crippen MR) is 76.4 cm³/mol. The number of benzene rings is 1. The molecule has 0 spiro atoms. The van der Waals surface area contributed by atoms with Crippen molar-refractivity contribution >= 4 is 5.97 Å². The number of carboxylic acid groups (broad SMARTS) is 1. The molecule has 1 unspecified atom stereocenters. The lowest BCUT2D eigenvalue weighted by atomic mass is 10.0. The number of unbranched alkanes of at least 4 members (excludes halogenated alkanes) is 2. The molecule has 0 radical (unpaired) electrons. The molecule has 0 heterocycles. The van der Waals surface area contributed by atoms with Crippen LogP contribution in [0, 0.1) is 5.92 Å². The van der Waals surface area contributed by atoms with Gasteiger partial charge in [-0.05, 0) is 30.9 Å². The number of ether oxygens (including phenoxy) is 1. The molecule has 19 heavy (non-hydrogen) atoms. The van der Waals surface area contributed by atoms with Gasteiger partial charge in [-0.25, -0.2) is 4.79 Å². The van der Waals surface area contributed by atoms with E-state index in [0.29, 0.717) is 12.2 Å². The second kappa shape index (κ2) is 8.57. The summed E-state index contributed by atoms with van der Waals surface area (Å²) in [4.78, 5) is 11.2. The Kier molecular flexibility index (Phi) is 7.01. The highest BCUT2D eigenvalue weighted by Gasteiger charge is 2.18. The SMILES string of the molecule is CC(C)CCCCCC(Oc1ccccc1)C(=O)O. The second-order valence-corrected chi connectivity index (χ2v) is 5.29. The molecule has 0 aromatic heterocycles. The van der Waals surface area contributed by atoms with E-state index in [0.717, 1.165) is 25.2 Å². The quantitative estimate of drug-likeness (QED) is 0.682. The molecule has 3 nitrogen and oxygen atoms in total. The molecule has 1 atom stereocenters. The summed E-state index contributed by atoms with van der Waals surface area (Å²) < 4.78 is 5.50. The zero-order chi connectivity index (χ0) is 14.1. The molecule has 0 saturated carbocycles. The highest BCUT2D eigenvalue weighted by Crippen LogP contribution is 2.16. The minimum absolute atomic E-state index is 0.572. The molecule has 0 aliphatic heterocycles. The number of rotatable bonds is 9. The van der Waals surface area contributed by atoms with E-state index in [2.05, 4.69) is 13.8 Å². The smallest absolute Gasteiger partial charge is 0.344 e. The van der Waals surface area contributed by atoms with Gasteiger partial charge >= 0.3 is 5.97 Å². The summed E-state index contributed by atoms with van der Waals surface area (Å²) in [5.74, 6) is 0.459. The largest absolute Gasteiger partial charge is 0.479 e. The minimum atomic E-state index is -0.882. The summed E-state index contributed by atoms with van der Waals surface area (Å²) in [5, 5.41) is 9.15. The number of hydrogen-bond acceptors (Lipinski definition) is 2. The zero-order valence-electron chi connectivity index (χ0n) is 11.8. The van der Waals surface area contributed by atoms with E-state index in [1.54, 1.807) is 12.1 Å². The standard InChI is InChI=1S/C16H24O3/c1-13(2)9-5-3-8-12-15(16(17)18)19-14-10-6-4-7-11-14/h4,6-7,10-11,13,15H,3,5,8-9,12H2,1-2H3,(H,17,18). The molecule has 0 fully saturated rings. The van der Waals surface area contributed by atoms with E-state index in [1.165, 1.54) is 6.42 Å². The summed E-state index contributed by atoms with van der Waals surface area (Å²) in [6, 6.07) is 9.14. The van der Waals surface area contributed by atoms with Crippen LogP contribution in [0.15, 0.2) is 30.3 Å². The van der Waals surface area contributed by atoms with Crippen molar-refractivity contribution in [3.63, 3.8) is 0 Å². The molecule has 1 aromatic rings. The fraction of sp³-hybridized carbons (Fsp3) is 0.562. The minimum Gasteiger partial charge on any atom is -0.479 e. The molecule has 0 aliphatic rings. The number of carbonyl (C=O) groups is 1. The lowest BCUT2D eigenvalue weighted by Crippen LogP contribution is -2.26. The average Bonchev–Trinajstić information content (AvgIpc) is 2.37. The summed E-state index contributed by atoms with van der Waals surface area (Å²) in [7, 11) is 0. The fourth-order valence-corrected chi connectivity index (χ4v) is 1.96. The van der Waals surface area contributed by atoms with Crippen molar-refractivity contribution in [1.29, 1.82) is 0 Å². The third kappa shape index (κ3) is 6.85. The number of para-hydroxylation sites is 1. The summed E-state index contributed by atoms with van der Waals surface area (Å²) in [6.45, 7) is 4.41. The van der Waals surface area contributed by atoms with Crippen LogP contribution in [0.5, 0.6) is 5.75 Å². The maximum atomic E-state index is 11.2. The normalized spacial score (nSPS) is 12.4. The van der Waals surface area contributed by atoms with Crippen LogP contribution in [0.2, 0.25) is 0 Å². The third-order valence-electron chi connectivity index (χ3n) is 3.04. The first-order valence-electron chi connectivity index (χ1n) is 7.04. The molecular weight excluding hydrogens is 240 g/mol. The van der Waals surface area contributed by atoms with Gasteiger partial charge in [0.2, 0.25) is 0 Å². The number of hydrogen-bond donors (Lipinski definition) is 1. The molecule has 1 aromatic carbocycles. The van der Waals surface area contributed by atoms with Gasteiger partial charge in [-0.3, -0.25) is 0 Å². The van der Waals surface area contributed by atoms with Crippen molar-refractivity contribution in [3.8, 4) is 5.75 Å². The Morgan fingerprint density at radius 1 is 1.11 bits per heavy atom. The van der Waals surface area contributed by atoms with E-state index in [1.807, 2.05) is 18.2 Å². The van der Waals surface area contributed by atoms with Crippen molar-refractivity contribution in [2.75, 3.05) is 0 Å². The molecule has 0 aliphatic carbocycles. The van der Waals surface area contributed by atoms with Crippen molar-refractivity contribution in [2.24, 2.45) is 5.92 Å². The van der Waals surface area contributed by atoms with E-state index in [4.69, 9.17) is 9.84 Å². The Hall–Kier alpha value is -1.51. The first kappa shape index (κ1) is 15.5. The van der Waals surface area contributed by atoms with Gasteiger partial charge in [0, 0.05) is 0 Å². The molecule has 1 N–H and O–H groups in total. The van der Waals surface area contributed by atoms with Gasteiger partial charge in [-0.2, -0.15) is 0 Å². The van der Waals surface area contributed by atoms with Crippen molar-refractivity contribution in [1.82, 2.24) is 0 Å². The number of carboxylic acids is 1. The van der Waals surface area contributed by atoms with Crippen LogP contribution < -0.4 is 4.74 Å². The summed E-state index contributed by atoms with van der Waals surface area (Å²) in [5.41, 5.74) is 0. The van der Waals surface area contributed by atoms with Gasteiger partial charge in [-0.1, -0.05) is 51.3 Å². The third-order valence-corrected chi connectivity index (χ3v) is 3.04. The van der Waals surface area contributed by atoms with Crippen LogP contribution >= 0.6 is 0 Å². The number of aliphatic carboxylic acids is 1. The molecular formula is C16H24O3. The van der Waals surface area contributed by atoms with Gasteiger partial charge in [0.1, 0.15) is 5.75 Å². The van der Waals surface area contributed by atoms with E-state index < -0.39 is 12.1 Å². The molecule has 0 amide bonds. The maximum absolute atomic E-state index is 11.2. The van der Waals surface area contributed by atoms with Crippen molar-refractivity contribution in [2.45, 2.75) is 52.1 Å². The topological polar surface area (TPSA) is 46.5 Å². The van der Waals surface area contributed by atoms with Crippen molar-refractivity contribution in [3.05, 3.63) is 30.3 Å². The molecule has 106 valence electrons. The Balaban J connectivity index is 2.31. The van der Waals surface area contributed by atoms with Crippen LogP contribution in [0.3, 0.4) is 0 Å². The van der Waals surface area contributed by atoms with E-state index in [9.17, 15) is 4.79 Å². The van der Waals surface area contributed by atoms with Crippen LogP contribution in [0.1, 0.15) is 46.0 Å². The zero-order valence-corrected chi connectivity index (χ0v) is 11.8. The molecule has 1 rings (SSSR count). The van der Waals surface area contributed by atoms with Gasteiger partial charge in [0.15, 0.2) is 6.10 Å². The van der Waals surface area contributed by atoms with Gasteiger partial charge < -0.3 is 9.84 Å². The Bertz CT molecular complexity index is 360. The van der Waals surface area contributed by atoms with E-state index in [-0.39, 0.29) is 0 Å². The Labute approximate surface area is 115 Å². The highest BCUT2D eigenvalue weighted by molar-refractivity contribution is 5.72. The first-order valence-corrected chi connectivity index (χ1v) is 7.04. The summed E-state index contributed by atoms with van der Waals surface area (Å²) >= 11 is 0. The monoisotopic (exact) mass is 264 g/mol. The molecule has 0 bridgehead atoms. The van der Waals surface area contributed by atoms with Crippen molar-refractivity contribution < 1.29 is 14.6 Å². The lowest BCUT2D eigenvalue weighted by Gasteiger charge is -2.15. The summed E-state index contributed by atoms with van der Waals surface area (Å²) in [6.07, 6.45) is 4.17. The Morgan fingerprint density at radius 3 is 2.32 bits per heavy atom. The first-order chi connectivity index (χ1) is 9.09. The van der Waals surface area contributed by atoms with Crippen LogP contribution in [0.4, 0.5) is 0 Å².